The maximum absolute atomic E-state index is 13.0. The van der Waals surface area contributed by atoms with Crippen molar-refractivity contribution in [2.75, 3.05) is 13.2 Å². The lowest BCUT2D eigenvalue weighted by Crippen LogP contribution is -2.62. The van der Waals surface area contributed by atoms with Crippen molar-refractivity contribution < 1.29 is 28.2 Å². The van der Waals surface area contributed by atoms with Crippen LogP contribution in [-0.4, -0.2) is 54.1 Å². The topological polar surface area (TPSA) is 97.0 Å². The van der Waals surface area contributed by atoms with E-state index in [9.17, 15) is 18.8 Å². The van der Waals surface area contributed by atoms with Crippen LogP contribution < -0.4 is 15.4 Å². The predicted octanol–water partition coefficient (Wildman–Crippen LogP) is 1.60. The summed E-state index contributed by atoms with van der Waals surface area (Å²) in [6.07, 6.45) is -0.444. The van der Waals surface area contributed by atoms with Gasteiger partial charge in [-0.3, -0.25) is 9.59 Å². The van der Waals surface area contributed by atoms with Gasteiger partial charge in [-0.2, -0.15) is 0 Å². The first-order chi connectivity index (χ1) is 15.0. The van der Waals surface area contributed by atoms with Crippen LogP contribution in [0.3, 0.4) is 0 Å². The third kappa shape index (κ3) is 5.00. The van der Waals surface area contributed by atoms with Crippen LogP contribution >= 0.6 is 0 Å². The Labute approximate surface area is 178 Å². The molecule has 0 unspecified atom stereocenters. The van der Waals surface area contributed by atoms with E-state index in [1.165, 1.54) is 29.2 Å². The van der Waals surface area contributed by atoms with Crippen molar-refractivity contribution in [3.05, 3.63) is 66.0 Å². The summed E-state index contributed by atoms with van der Waals surface area (Å²) >= 11 is 0. The molecular formula is C22H22FN3O5. The highest BCUT2D eigenvalue weighted by molar-refractivity contribution is 5.97. The van der Waals surface area contributed by atoms with Crippen LogP contribution in [0, 0.1) is 5.82 Å². The van der Waals surface area contributed by atoms with Crippen molar-refractivity contribution in [2.24, 2.45) is 0 Å². The number of fused-ring (bicyclic) bond motifs is 1. The molecule has 2 aromatic carbocycles. The van der Waals surface area contributed by atoms with Gasteiger partial charge in [0.2, 0.25) is 11.8 Å². The average Bonchev–Trinajstić information content (AvgIpc) is 3.18. The van der Waals surface area contributed by atoms with Crippen molar-refractivity contribution in [1.29, 1.82) is 0 Å². The van der Waals surface area contributed by atoms with Gasteiger partial charge in [-0.05, 0) is 36.2 Å². The number of hydrogen-bond donors (Lipinski definition) is 2. The summed E-state index contributed by atoms with van der Waals surface area (Å²) in [7, 11) is 0. The van der Waals surface area contributed by atoms with Crippen LogP contribution in [0.5, 0.6) is 5.75 Å². The number of piperazine rings is 1. The van der Waals surface area contributed by atoms with Gasteiger partial charge < -0.3 is 25.0 Å². The van der Waals surface area contributed by atoms with E-state index in [0.29, 0.717) is 6.61 Å². The largest absolute Gasteiger partial charge is 0.412 e. The van der Waals surface area contributed by atoms with Gasteiger partial charge in [0.1, 0.15) is 23.7 Å². The highest BCUT2D eigenvalue weighted by Gasteiger charge is 2.46. The Balaban J connectivity index is 1.29. The molecule has 8 nitrogen and oxygen atoms in total. The van der Waals surface area contributed by atoms with Crippen molar-refractivity contribution >= 4 is 17.9 Å². The third-order valence-electron chi connectivity index (χ3n) is 5.24. The Bertz CT molecular complexity index is 953. The molecule has 2 aromatic rings. The molecule has 0 spiro atoms. The zero-order chi connectivity index (χ0) is 21.8. The molecule has 31 heavy (non-hydrogen) atoms. The first-order valence-corrected chi connectivity index (χ1v) is 9.96. The lowest BCUT2D eigenvalue weighted by atomic mass is 10.1. The summed E-state index contributed by atoms with van der Waals surface area (Å²) < 4.78 is 23.7. The zero-order valence-corrected chi connectivity index (χ0v) is 16.6. The minimum atomic E-state index is -0.766. The van der Waals surface area contributed by atoms with Gasteiger partial charge in [-0.25, -0.2) is 9.18 Å². The van der Waals surface area contributed by atoms with Crippen molar-refractivity contribution in [3.8, 4) is 5.75 Å². The molecule has 3 atom stereocenters. The van der Waals surface area contributed by atoms with Crippen LogP contribution in [0.15, 0.2) is 54.6 Å². The number of benzene rings is 2. The molecule has 2 aliphatic heterocycles. The van der Waals surface area contributed by atoms with E-state index in [1.807, 2.05) is 30.3 Å². The second-order valence-electron chi connectivity index (χ2n) is 7.49. The minimum Gasteiger partial charge on any atom is -0.410 e. The van der Waals surface area contributed by atoms with E-state index in [4.69, 9.17) is 9.47 Å². The van der Waals surface area contributed by atoms with Crippen LogP contribution in [0.2, 0.25) is 0 Å². The highest BCUT2D eigenvalue weighted by atomic mass is 19.1. The Morgan fingerprint density at radius 3 is 2.61 bits per heavy atom. The molecule has 2 heterocycles. The summed E-state index contributed by atoms with van der Waals surface area (Å²) in [6, 6.07) is 12.7. The standard InChI is InChI=1S/C22H22FN3O5/c23-15-6-8-17(9-7-15)31-22(29)24-16-10-19-20(27)25-18(21(28)26(19)11-16)13-30-12-14-4-2-1-3-5-14/h1-9,16,18-19H,10-13H2,(H,24,29)(H,25,27)/t16-,18-,19-/m0/s1. The average molecular weight is 427 g/mol. The fourth-order valence-electron chi connectivity index (χ4n) is 3.75. The van der Waals surface area contributed by atoms with Gasteiger partial charge in [0.25, 0.3) is 0 Å². The van der Waals surface area contributed by atoms with Crippen LogP contribution in [0.25, 0.3) is 0 Å². The molecular weight excluding hydrogens is 405 g/mol. The molecule has 2 N–H and O–H groups in total. The second kappa shape index (κ2) is 9.13. The number of hydrogen-bond acceptors (Lipinski definition) is 5. The van der Waals surface area contributed by atoms with E-state index < -0.39 is 30.0 Å². The fraction of sp³-hybridized carbons (Fsp3) is 0.318. The van der Waals surface area contributed by atoms with Crippen LogP contribution in [-0.2, 0) is 20.9 Å². The molecule has 2 fully saturated rings. The first kappa shape index (κ1) is 20.8. The minimum absolute atomic E-state index is 0.0629. The Morgan fingerprint density at radius 1 is 1.13 bits per heavy atom. The van der Waals surface area contributed by atoms with Crippen molar-refractivity contribution in [3.63, 3.8) is 0 Å². The quantitative estimate of drug-likeness (QED) is 0.730. The zero-order valence-electron chi connectivity index (χ0n) is 16.6. The normalized spacial score (nSPS) is 22.6. The predicted molar refractivity (Wildman–Crippen MR) is 107 cm³/mol. The summed E-state index contributed by atoms with van der Waals surface area (Å²) in [6.45, 7) is 0.599. The SMILES string of the molecule is O=C(N[C@H]1C[C@H]2C(=O)N[C@@H](COCc3ccccc3)C(=O)N2C1)Oc1ccc(F)cc1. The summed E-state index contributed by atoms with van der Waals surface area (Å²) in [5.74, 6) is -0.760. The molecule has 9 heteroatoms. The summed E-state index contributed by atoms with van der Waals surface area (Å²) in [5, 5.41) is 5.37. The number of amides is 3. The van der Waals surface area contributed by atoms with Gasteiger partial charge >= 0.3 is 6.09 Å². The first-order valence-electron chi connectivity index (χ1n) is 9.96. The van der Waals surface area contributed by atoms with E-state index in [1.54, 1.807) is 0 Å². The number of ether oxygens (including phenoxy) is 2. The third-order valence-corrected chi connectivity index (χ3v) is 5.24. The molecule has 0 saturated carbocycles. The number of nitrogens with one attached hydrogen (secondary N) is 2. The molecule has 162 valence electrons. The smallest absolute Gasteiger partial charge is 0.410 e. The number of halogens is 1. The van der Waals surface area contributed by atoms with Gasteiger partial charge in [-0.15, -0.1) is 0 Å². The van der Waals surface area contributed by atoms with Gasteiger partial charge in [0.05, 0.1) is 19.3 Å². The number of carbonyl (C=O) groups excluding carboxylic acids is 3. The maximum Gasteiger partial charge on any atom is 0.412 e. The molecule has 0 aliphatic carbocycles. The lowest BCUT2D eigenvalue weighted by molar-refractivity contribution is -0.148. The number of carbonyl (C=O) groups is 3. The Hall–Kier alpha value is -3.46. The molecule has 4 rings (SSSR count). The van der Waals surface area contributed by atoms with E-state index in [-0.39, 0.29) is 37.1 Å². The van der Waals surface area contributed by atoms with E-state index in [0.717, 1.165) is 5.56 Å². The molecule has 2 aliphatic rings. The molecule has 0 radical (unpaired) electrons. The van der Waals surface area contributed by atoms with Crippen molar-refractivity contribution in [1.82, 2.24) is 15.5 Å². The highest BCUT2D eigenvalue weighted by Crippen LogP contribution is 2.23. The molecule has 0 bridgehead atoms. The van der Waals surface area contributed by atoms with Gasteiger partial charge in [0.15, 0.2) is 0 Å². The van der Waals surface area contributed by atoms with Gasteiger partial charge in [0, 0.05) is 6.54 Å². The number of nitrogens with zero attached hydrogens (tertiary/aromatic N) is 1. The fourth-order valence-corrected chi connectivity index (χ4v) is 3.75. The maximum atomic E-state index is 13.0. The summed E-state index contributed by atoms with van der Waals surface area (Å²) in [5.41, 5.74) is 0.972. The Morgan fingerprint density at radius 2 is 1.87 bits per heavy atom. The lowest BCUT2D eigenvalue weighted by Gasteiger charge is -2.34. The van der Waals surface area contributed by atoms with Gasteiger partial charge in [-0.1, -0.05) is 30.3 Å². The summed E-state index contributed by atoms with van der Waals surface area (Å²) in [4.78, 5) is 38.9. The monoisotopic (exact) mass is 427 g/mol. The van der Waals surface area contributed by atoms with Crippen molar-refractivity contribution in [2.45, 2.75) is 31.2 Å². The molecule has 2 saturated heterocycles. The van der Waals surface area contributed by atoms with E-state index in [2.05, 4.69) is 10.6 Å². The van der Waals surface area contributed by atoms with E-state index >= 15 is 0 Å². The molecule has 3 amide bonds. The van der Waals surface area contributed by atoms with Crippen LogP contribution in [0.4, 0.5) is 9.18 Å². The number of rotatable bonds is 6. The second-order valence-corrected chi connectivity index (χ2v) is 7.49. The Kier molecular flexibility index (Phi) is 6.13. The van der Waals surface area contributed by atoms with Crippen LogP contribution in [0.1, 0.15) is 12.0 Å². The molecule has 0 aromatic heterocycles.